The van der Waals surface area contributed by atoms with E-state index in [1.165, 1.54) is 19.3 Å². The molecule has 1 fully saturated rings. The minimum atomic E-state index is 0.0562. The molecule has 1 aromatic rings. The van der Waals surface area contributed by atoms with Crippen LogP contribution >= 0.6 is 0 Å². The van der Waals surface area contributed by atoms with Crippen molar-refractivity contribution in [3.63, 3.8) is 0 Å². The summed E-state index contributed by atoms with van der Waals surface area (Å²) in [4.78, 5) is 2.31. The van der Waals surface area contributed by atoms with Crippen molar-refractivity contribution in [3.8, 4) is 0 Å². The fourth-order valence-corrected chi connectivity index (χ4v) is 2.43. The molecule has 1 saturated heterocycles. The Hall–Kier alpha value is -1.16. The standard InChI is InChI=1S/C14H24N4/c1-14(2,3)12-7-8-13(17-16-12)18-9-5-4-6-11(18)10-15/h7-8,11H,4-6,9-10,15H2,1-3H3. The van der Waals surface area contributed by atoms with Crippen molar-refractivity contribution >= 4 is 5.82 Å². The number of rotatable bonds is 2. The minimum absolute atomic E-state index is 0.0562. The van der Waals surface area contributed by atoms with Gasteiger partial charge in [0.15, 0.2) is 5.82 Å². The van der Waals surface area contributed by atoms with Gasteiger partial charge in [0.25, 0.3) is 0 Å². The van der Waals surface area contributed by atoms with Gasteiger partial charge >= 0.3 is 0 Å². The predicted octanol–water partition coefficient (Wildman–Crippen LogP) is 2.09. The molecule has 4 nitrogen and oxygen atoms in total. The molecule has 18 heavy (non-hydrogen) atoms. The Morgan fingerprint density at radius 3 is 2.61 bits per heavy atom. The van der Waals surface area contributed by atoms with Crippen LogP contribution in [0.5, 0.6) is 0 Å². The Labute approximate surface area is 110 Å². The van der Waals surface area contributed by atoms with Gasteiger partial charge in [-0.2, -0.15) is 5.10 Å². The van der Waals surface area contributed by atoms with Gasteiger partial charge in [0.1, 0.15) is 0 Å². The largest absolute Gasteiger partial charge is 0.351 e. The maximum atomic E-state index is 5.84. The highest BCUT2D eigenvalue weighted by Gasteiger charge is 2.23. The van der Waals surface area contributed by atoms with Crippen LogP contribution in [0.15, 0.2) is 12.1 Å². The Morgan fingerprint density at radius 1 is 1.28 bits per heavy atom. The van der Waals surface area contributed by atoms with Crippen LogP contribution in [-0.2, 0) is 5.41 Å². The Morgan fingerprint density at radius 2 is 2.06 bits per heavy atom. The monoisotopic (exact) mass is 248 g/mol. The van der Waals surface area contributed by atoms with E-state index in [4.69, 9.17) is 5.73 Å². The predicted molar refractivity (Wildman–Crippen MR) is 74.8 cm³/mol. The molecule has 0 bridgehead atoms. The van der Waals surface area contributed by atoms with Crippen LogP contribution in [-0.4, -0.2) is 29.3 Å². The van der Waals surface area contributed by atoms with E-state index in [0.29, 0.717) is 12.6 Å². The van der Waals surface area contributed by atoms with Gasteiger partial charge in [0, 0.05) is 24.5 Å². The van der Waals surface area contributed by atoms with Gasteiger partial charge in [-0.05, 0) is 31.4 Å². The zero-order valence-corrected chi connectivity index (χ0v) is 11.7. The highest BCUT2D eigenvalue weighted by molar-refractivity contribution is 5.40. The lowest BCUT2D eigenvalue weighted by molar-refractivity contribution is 0.459. The number of hydrogen-bond donors (Lipinski definition) is 1. The molecule has 1 aromatic heterocycles. The SMILES string of the molecule is CC(C)(C)c1ccc(N2CCCCC2CN)nn1. The molecule has 2 N–H and O–H groups in total. The maximum Gasteiger partial charge on any atom is 0.151 e. The Balaban J connectivity index is 2.18. The molecule has 2 heterocycles. The van der Waals surface area contributed by atoms with E-state index in [0.717, 1.165) is 18.1 Å². The van der Waals surface area contributed by atoms with Gasteiger partial charge in [0.05, 0.1) is 5.69 Å². The first-order valence-corrected chi connectivity index (χ1v) is 6.83. The van der Waals surface area contributed by atoms with E-state index >= 15 is 0 Å². The van der Waals surface area contributed by atoms with E-state index in [1.807, 2.05) is 0 Å². The number of nitrogens with zero attached hydrogens (tertiary/aromatic N) is 3. The topological polar surface area (TPSA) is 55.0 Å². The molecule has 0 saturated carbocycles. The Bertz CT molecular complexity index is 380. The first-order valence-electron chi connectivity index (χ1n) is 6.83. The fraction of sp³-hybridized carbons (Fsp3) is 0.714. The van der Waals surface area contributed by atoms with Crippen LogP contribution in [0.25, 0.3) is 0 Å². The summed E-state index contributed by atoms with van der Waals surface area (Å²) < 4.78 is 0. The van der Waals surface area contributed by atoms with Crippen LogP contribution in [0.3, 0.4) is 0 Å². The zero-order valence-electron chi connectivity index (χ0n) is 11.7. The number of piperidine rings is 1. The highest BCUT2D eigenvalue weighted by Crippen LogP contribution is 2.24. The molecule has 2 rings (SSSR count). The van der Waals surface area contributed by atoms with Crippen LogP contribution in [0.4, 0.5) is 5.82 Å². The van der Waals surface area contributed by atoms with Crippen molar-refractivity contribution in [2.75, 3.05) is 18.0 Å². The summed E-state index contributed by atoms with van der Waals surface area (Å²) >= 11 is 0. The lowest BCUT2D eigenvalue weighted by Crippen LogP contribution is -2.44. The second kappa shape index (κ2) is 5.22. The van der Waals surface area contributed by atoms with Crippen molar-refractivity contribution in [2.24, 2.45) is 5.73 Å². The second-order valence-electron chi connectivity index (χ2n) is 6.11. The quantitative estimate of drug-likeness (QED) is 0.870. The number of anilines is 1. The third kappa shape index (κ3) is 2.80. The molecule has 1 aliphatic rings. The molecular formula is C14H24N4. The van der Waals surface area contributed by atoms with Gasteiger partial charge in [0.2, 0.25) is 0 Å². The second-order valence-corrected chi connectivity index (χ2v) is 6.11. The fourth-order valence-electron chi connectivity index (χ4n) is 2.43. The smallest absolute Gasteiger partial charge is 0.151 e. The molecule has 1 unspecified atom stereocenters. The molecule has 0 aliphatic carbocycles. The van der Waals surface area contributed by atoms with Crippen molar-refractivity contribution < 1.29 is 0 Å². The minimum Gasteiger partial charge on any atom is -0.351 e. The molecular weight excluding hydrogens is 224 g/mol. The average Bonchev–Trinajstić information content (AvgIpc) is 2.38. The summed E-state index contributed by atoms with van der Waals surface area (Å²) in [6.07, 6.45) is 3.66. The van der Waals surface area contributed by atoms with Gasteiger partial charge in [-0.25, -0.2) is 0 Å². The van der Waals surface area contributed by atoms with Crippen LogP contribution in [0.1, 0.15) is 45.7 Å². The van der Waals surface area contributed by atoms with Crippen molar-refractivity contribution in [3.05, 3.63) is 17.8 Å². The van der Waals surface area contributed by atoms with Crippen LogP contribution in [0.2, 0.25) is 0 Å². The first-order chi connectivity index (χ1) is 8.52. The van der Waals surface area contributed by atoms with E-state index < -0.39 is 0 Å². The summed E-state index contributed by atoms with van der Waals surface area (Å²) in [5, 5.41) is 8.75. The van der Waals surface area contributed by atoms with Gasteiger partial charge < -0.3 is 10.6 Å². The van der Waals surface area contributed by atoms with E-state index in [1.54, 1.807) is 0 Å². The first kappa shape index (κ1) is 13.3. The maximum absolute atomic E-state index is 5.84. The Kier molecular flexibility index (Phi) is 3.85. The van der Waals surface area contributed by atoms with Crippen molar-refractivity contribution in [1.29, 1.82) is 0 Å². The molecule has 0 amide bonds. The lowest BCUT2D eigenvalue weighted by Gasteiger charge is -2.35. The molecule has 1 atom stereocenters. The summed E-state index contributed by atoms with van der Waals surface area (Å²) in [6, 6.07) is 4.60. The lowest BCUT2D eigenvalue weighted by atomic mass is 9.92. The third-order valence-electron chi connectivity index (χ3n) is 3.61. The summed E-state index contributed by atoms with van der Waals surface area (Å²) in [6.45, 7) is 8.20. The van der Waals surface area contributed by atoms with Crippen LogP contribution < -0.4 is 10.6 Å². The average molecular weight is 248 g/mol. The van der Waals surface area contributed by atoms with Crippen LogP contribution in [0, 0.1) is 0 Å². The van der Waals surface area contributed by atoms with Gasteiger partial charge in [-0.15, -0.1) is 5.10 Å². The highest BCUT2D eigenvalue weighted by atomic mass is 15.3. The molecule has 0 radical (unpaired) electrons. The van der Waals surface area contributed by atoms with E-state index in [9.17, 15) is 0 Å². The molecule has 4 heteroatoms. The van der Waals surface area contributed by atoms with Crippen molar-refractivity contribution in [2.45, 2.75) is 51.5 Å². The molecule has 100 valence electrons. The van der Waals surface area contributed by atoms with E-state index in [2.05, 4.69) is 48.0 Å². The van der Waals surface area contributed by atoms with Crippen molar-refractivity contribution in [1.82, 2.24) is 10.2 Å². The summed E-state index contributed by atoms with van der Waals surface area (Å²) in [7, 11) is 0. The molecule has 1 aliphatic heterocycles. The van der Waals surface area contributed by atoms with E-state index in [-0.39, 0.29) is 5.41 Å². The number of hydrogen-bond acceptors (Lipinski definition) is 4. The number of aromatic nitrogens is 2. The zero-order chi connectivity index (χ0) is 13.2. The number of nitrogens with two attached hydrogens (primary N) is 1. The van der Waals surface area contributed by atoms with Gasteiger partial charge in [-0.1, -0.05) is 20.8 Å². The summed E-state index contributed by atoms with van der Waals surface area (Å²) in [5.41, 5.74) is 6.93. The van der Waals surface area contributed by atoms with Gasteiger partial charge in [-0.3, -0.25) is 0 Å². The summed E-state index contributed by atoms with van der Waals surface area (Å²) in [5.74, 6) is 0.971. The third-order valence-corrected chi connectivity index (χ3v) is 3.61. The normalized spacial score (nSPS) is 21.1. The molecule has 0 aromatic carbocycles. The molecule has 0 spiro atoms.